The zero-order valence-electron chi connectivity index (χ0n) is 17.3. The molecule has 0 fully saturated rings. The summed E-state index contributed by atoms with van der Waals surface area (Å²) in [5.74, 6) is -0.0668. The van der Waals surface area contributed by atoms with Gasteiger partial charge in [-0.1, -0.05) is 48.5 Å². The van der Waals surface area contributed by atoms with Crippen LogP contribution >= 0.6 is 22.7 Å². The zero-order chi connectivity index (χ0) is 22.3. The summed E-state index contributed by atoms with van der Waals surface area (Å²) in [5.41, 5.74) is 3.48. The molecule has 6 nitrogen and oxygen atoms in total. The minimum Gasteiger partial charge on any atom is -0.453 e. The van der Waals surface area contributed by atoms with Crippen LogP contribution in [0.2, 0.25) is 0 Å². The number of amides is 2. The van der Waals surface area contributed by atoms with Crippen molar-refractivity contribution in [3.05, 3.63) is 82.6 Å². The zero-order valence-corrected chi connectivity index (χ0v) is 19.0. The lowest BCUT2D eigenvalue weighted by Crippen LogP contribution is -2.24. The van der Waals surface area contributed by atoms with Gasteiger partial charge in [0.25, 0.3) is 0 Å². The standard InChI is InChI=1S/C24H21N3O3S2/c1-30-24(29)26-18-11-9-16(10-12-18)15-25-21(28)14-20-22(19-8-5-13-31-19)27-23(32-20)17-6-3-2-4-7-17/h2-13H,14-15H2,1H3,(H,25,28)(H,26,29). The number of carbonyl (C=O) groups is 2. The van der Waals surface area contributed by atoms with Crippen molar-refractivity contribution in [3.63, 3.8) is 0 Å². The Bertz CT molecular complexity index is 1190. The summed E-state index contributed by atoms with van der Waals surface area (Å²) < 4.78 is 4.58. The van der Waals surface area contributed by atoms with Crippen molar-refractivity contribution < 1.29 is 14.3 Å². The van der Waals surface area contributed by atoms with E-state index in [1.807, 2.05) is 60.0 Å². The molecule has 0 aliphatic rings. The SMILES string of the molecule is COC(=O)Nc1ccc(CNC(=O)Cc2sc(-c3ccccc3)nc2-c2cccs2)cc1. The van der Waals surface area contributed by atoms with Crippen molar-refractivity contribution in [2.75, 3.05) is 12.4 Å². The van der Waals surface area contributed by atoms with Gasteiger partial charge in [0.2, 0.25) is 5.91 Å². The van der Waals surface area contributed by atoms with Crippen LogP contribution in [0.5, 0.6) is 0 Å². The molecule has 0 saturated carbocycles. The number of nitrogens with one attached hydrogen (secondary N) is 2. The first-order valence-electron chi connectivity index (χ1n) is 9.92. The molecular formula is C24H21N3O3S2. The topological polar surface area (TPSA) is 80.3 Å². The van der Waals surface area contributed by atoms with Crippen LogP contribution in [0.3, 0.4) is 0 Å². The summed E-state index contributed by atoms with van der Waals surface area (Å²) >= 11 is 3.17. The van der Waals surface area contributed by atoms with Crippen molar-refractivity contribution in [1.82, 2.24) is 10.3 Å². The molecule has 2 aromatic heterocycles. The Hall–Kier alpha value is -3.49. The van der Waals surface area contributed by atoms with Crippen molar-refractivity contribution in [2.24, 2.45) is 0 Å². The molecule has 0 aliphatic heterocycles. The van der Waals surface area contributed by atoms with E-state index in [2.05, 4.69) is 15.4 Å². The maximum Gasteiger partial charge on any atom is 0.411 e. The van der Waals surface area contributed by atoms with Gasteiger partial charge in [-0.05, 0) is 29.1 Å². The van der Waals surface area contributed by atoms with E-state index in [0.29, 0.717) is 12.2 Å². The Balaban J connectivity index is 1.43. The van der Waals surface area contributed by atoms with Crippen LogP contribution in [0.15, 0.2) is 72.1 Å². The van der Waals surface area contributed by atoms with E-state index in [9.17, 15) is 9.59 Å². The number of hydrogen-bond donors (Lipinski definition) is 2. The highest BCUT2D eigenvalue weighted by Crippen LogP contribution is 2.36. The molecule has 2 N–H and O–H groups in total. The molecule has 2 aromatic carbocycles. The highest BCUT2D eigenvalue weighted by atomic mass is 32.1. The van der Waals surface area contributed by atoms with Gasteiger partial charge in [0.05, 0.1) is 24.1 Å². The fourth-order valence-electron chi connectivity index (χ4n) is 3.07. The van der Waals surface area contributed by atoms with Crippen LogP contribution in [0.1, 0.15) is 10.4 Å². The average molecular weight is 464 g/mol. The number of carbonyl (C=O) groups excluding carboxylic acids is 2. The van der Waals surface area contributed by atoms with Gasteiger partial charge >= 0.3 is 6.09 Å². The highest BCUT2D eigenvalue weighted by Gasteiger charge is 2.17. The first-order chi connectivity index (χ1) is 15.6. The maximum atomic E-state index is 12.7. The van der Waals surface area contributed by atoms with E-state index >= 15 is 0 Å². The fraction of sp³-hybridized carbons (Fsp3) is 0.125. The summed E-state index contributed by atoms with van der Waals surface area (Å²) in [5, 5.41) is 8.49. The number of hydrogen-bond acceptors (Lipinski definition) is 6. The second kappa shape index (κ2) is 10.2. The Labute approximate surface area is 193 Å². The largest absolute Gasteiger partial charge is 0.453 e. The van der Waals surface area contributed by atoms with Crippen LogP contribution in [0.25, 0.3) is 21.1 Å². The number of aromatic nitrogens is 1. The van der Waals surface area contributed by atoms with Gasteiger partial charge < -0.3 is 10.1 Å². The minimum atomic E-state index is -0.521. The van der Waals surface area contributed by atoms with E-state index in [4.69, 9.17) is 4.98 Å². The molecule has 0 atom stereocenters. The third kappa shape index (κ3) is 5.40. The molecule has 0 bridgehead atoms. The third-order valence-electron chi connectivity index (χ3n) is 4.67. The molecule has 0 aliphatic carbocycles. The number of anilines is 1. The van der Waals surface area contributed by atoms with Gasteiger partial charge in [0, 0.05) is 22.7 Å². The molecule has 4 aromatic rings. The molecule has 2 heterocycles. The number of nitrogens with zero attached hydrogens (tertiary/aromatic N) is 1. The summed E-state index contributed by atoms with van der Waals surface area (Å²) in [4.78, 5) is 30.8. The number of thiophene rings is 1. The lowest BCUT2D eigenvalue weighted by Gasteiger charge is -2.07. The van der Waals surface area contributed by atoms with Gasteiger partial charge in [-0.3, -0.25) is 10.1 Å². The number of ether oxygens (including phenoxy) is 1. The number of benzene rings is 2. The predicted molar refractivity (Wildman–Crippen MR) is 129 cm³/mol. The Kier molecular flexibility index (Phi) is 6.94. The Morgan fingerprint density at radius 1 is 1.00 bits per heavy atom. The molecular weight excluding hydrogens is 442 g/mol. The summed E-state index contributed by atoms with van der Waals surface area (Å²) in [6, 6.07) is 21.3. The van der Waals surface area contributed by atoms with Gasteiger partial charge in [-0.15, -0.1) is 22.7 Å². The minimum absolute atomic E-state index is 0.0668. The number of rotatable bonds is 7. The van der Waals surface area contributed by atoms with E-state index in [-0.39, 0.29) is 12.3 Å². The van der Waals surface area contributed by atoms with Gasteiger partial charge in [-0.2, -0.15) is 0 Å². The summed E-state index contributed by atoms with van der Waals surface area (Å²) in [6.45, 7) is 0.399. The van der Waals surface area contributed by atoms with E-state index in [0.717, 1.165) is 31.6 Å². The van der Waals surface area contributed by atoms with Crippen molar-refractivity contribution in [3.8, 4) is 21.1 Å². The van der Waals surface area contributed by atoms with Crippen molar-refractivity contribution in [2.45, 2.75) is 13.0 Å². The smallest absolute Gasteiger partial charge is 0.411 e. The van der Waals surface area contributed by atoms with Crippen LogP contribution in [-0.2, 0) is 22.5 Å². The average Bonchev–Trinajstić information content (AvgIpc) is 3.49. The van der Waals surface area contributed by atoms with Gasteiger partial charge in [0.15, 0.2) is 0 Å². The molecule has 0 saturated heterocycles. The molecule has 8 heteroatoms. The van der Waals surface area contributed by atoms with Crippen LogP contribution < -0.4 is 10.6 Å². The number of methoxy groups -OCH3 is 1. The van der Waals surface area contributed by atoms with Gasteiger partial charge in [0.1, 0.15) is 5.01 Å². The first-order valence-corrected chi connectivity index (χ1v) is 11.6. The van der Waals surface area contributed by atoms with E-state index in [1.165, 1.54) is 7.11 Å². The quantitative estimate of drug-likeness (QED) is 0.375. The monoisotopic (exact) mass is 463 g/mol. The Morgan fingerprint density at radius 3 is 2.47 bits per heavy atom. The van der Waals surface area contributed by atoms with E-state index in [1.54, 1.807) is 34.8 Å². The molecule has 32 heavy (non-hydrogen) atoms. The second-order valence-electron chi connectivity index (χ2n) is 6.90. The molecule has 162 valence electrons. The van der Waals surface area contributed by atoms with Crippen LogP contribution in [0, 0.1) is 0 Å². The first kappa shape index (κ1) is 21.7. The van der Waals surface area contributed by atoms with Crippen LogP contribution in [-0.4, -0.2) is 24.1 Å². The fourth-order valence-corrected chi connectivity index (χ4v) is 4.95. The normalized spacial score (nSPS) is 10.5. The van der Waals surface area contributed by atoms with E-state index < -0.39 is 6.09 Å². The third-order valence-corrected chi connectivity index (χ3v) is 6.65. The van der Waals surface area contributed by atoms with Gasteiger partial charge in [-0.25, -0.2) is 9.78 Å². The molecule has 0 spiro atoms. The highest BCUT2D eigenvalue weighted by molar-refractivity contribution is 7.17. The number of thiazole rings is 1. The summed E-state index contributed by atoms with van der Waals surface area (Å²) in [6.07, 6.45) is -0.258. The predicted octanol–water partition coefficient (Wildman–Crippen LogP) is 5.58. The molecule has 4 rings (SSSR count). The Morgan fingerprint density at radius 2 is 1.78 bits per heavy atom. The molecule has 0 unspecified atom stereocenters. The lowest BCUT2D eigenvalue weighted by molar-refractivity contribution is -0.120. The van der Waals surface area contributed by atoms with Crippen molar-refractivity contribution in [1.29, 1.82) is 0 Å². The molecule has 0 radical (unpaired) electrons. The second-order valence-corrected chi connectivity index (χ2v) is 8.93. The summed E-state index contributed by atoms with van der Waals surface area (Å²) in [7, 11) is 1.31. The van der Waals surface area contributed by atoms with Crippen LogP contribution in [0.4, 0.5) is 10.5 Å². The van der Waals surface area contributed by atoms with Crippen molar-refractivity contribution >= 4 is 40.4 Å². The maximum absolute atomic E-state index is 12.7. The lowest BCUT2D eigenvalue weighted by atomic mass is 10.2. The molecule has 2 amide bonds.